The Bertz CT molecular complexity index is 1010. The van der Waals surface area contributed by atoms with Crippen LogP contribution >= 0.6 is 0 Å². The van der Waals surface area contributed by atoms with Gasteiger partial charge in [-0.2, -0.15) is 10.4 Å². The smallest absolute Gasteiger partial charge is 0.340 e. The average molecular weight is 395 g/mol. The Morgan fingerprint density at radius 2 is 2.03 bits per heavy atom. The molecule has 29 heavy (non-hydrogen) atoms. The van der Waals surface area contributed by atoms with Gasteiger partial charge in [0.25, 0.3) is 5.69 Å². The van der Waals surface area contributed by atoms with Gasteiger partial charge in [0.15, 0.2) is 5.84 Å². The zero-order valence-corrected chi connectivity index (χ0v) is 15.3. The number of ether oxygens (including phenoxy) is 1. The molecule has 0 spiro atoms. The molecule has 0 unspecified atom stereocenters. The van der Waals surface area contributed by atoms with Crippen LogP contribution in [0.25, 0.3) is 0 Å². The number of hydrogen-bond donors (Lipinski definition) is 4. The topological polar surface area (TPSA) is 180 Å². The van der Waals surface area contributed by atoms with Crippen LogP contribution in [-0.4, -0.2) is 29.5 Å². The fraction of sp³-hybridized carbons (Fsp3) is 0.111. The summed E-state index contributed by atoms with van der Waals surface area (Å²) >= 11 is 0. The number of nitrogens with one attached hydrogen (secondary N) is 3. The van der Waals surface area contributed by atoms with E-state index in [-0.39, 0.29) is 17.0 Å². The monoisotopic (exact) mass is 395 g/mol. The molecule has 11 nitrogen and oxygen atoms in total. The van der Waals surface area contributed by atoms with E-state index < -0.39 is 16.7 Å². The van der Waals surface area contributed by atoms with Gasteiger partial charge in [-0.25, -0.2) is 4.79 Å². The summed E-state index contributed by atoms with van der Waals surface area (Å²) in [5.41, 5.74) is 9.27. The maximum atomic E-state index is 11.9. The summed E-state index contributed by atoms with van der Waals surface area (Å²) in [7, 11) is 1.20. The van der Waals surface area contributed by atoms with E-state index in [1.807, 2.05) is 0 Å². The van der Waals surface area contributed by atoms with Crippen LogP contribution in [0.2, 0.25) is 0 Å². The van der Waals surface area contributed by atoms with E-state index in [0.717, 1.165) is 11.6 Å². The number of hydrogen-bond acceptors (Lipinski definition) is 9. The molecule has 2 aromatic rings. The summed E-state index contributed by atoms with van der Waals surface area (Å²) in [6, 6.07) is 12.5. The third-order valence-electron chi connectivity index (χ3n) is 3.71. The zero-order chi connectivity index (χ0) is 21.4. The number of nitriles is 1. The van der Waals surface area contributed by atoms with Gasteiger partial charge >= 0.3 is 5.97 Å². The van der Waals surface area contributed by atoms with Crippen molar-refractivity contribution in [2.75, 3.05) is 17.9 Å². The van der Waals surface area contributed by atoms with Crippen LogP contribution in [0, 0.1) is 26.9 Å². The molecule has 5 N–H and O–H groups in total. The van der Waals surface area contributed by atoms with Gasteiger partial charge in [-0.15, -0.1) is 0 Å². The first-order valence-corrected chi connectivity index (χ1v) is 8.13. The highest BCUT2D eigenvalue weighted by molar-refractivity contribution is 6.45. The summed E-state index contributed by atoms with van der Waals surface area (Å²) in [6.07, 6.45) is 0. The van der Waals surface area contributed by atoms with E-state index in [4.69, 9.17) is 16.4 Å². The summed E-state index contributed by atoms with van der Waals surface area (Å²) in [4.78, 5) is 22.2. The largest absolute Gasteiger partial charge is 0.465 e. The van der Waals surface area contributed by atoms with E-state index >= 15 is 0 Å². The molecule has 0 fully saturated rings. The standard InChI is InChI=1S/C18H17N7O4/c1-29-18(26)14-8-13(25(27)28)6-7-15(14)22-10-11-2-4-12(5-3-11)23-24-16(9-19)17(20)21/h2-8,22-23H,10H2,1H3,(H3,20,21)/b24-16+. The Hall–Kier alpha value is -4.46. The minimum absolute atomic E-state index is 0.0580. The van der Waals surface area contributed by atoms with E-state index in [2.05, 4.69) is 20.6 Å². The SMILES string of the molecule is COC(=O)c1cc([N+](=O)[O-])ccc1NCc1ccc(N/N=C(\C#N)C(=N)N)cc1. The Morgan fingerprint density at radius 3 is 2.59 bits per heavy atom. The lowest BCUT2D eigenvalue weighted by Gasteiger charge is -2.11. The van der Waals surface area contributed by atoms with E-state index in [1.165, 1.54) is 19.2 Å². The summed E-state index contributed by atoms with van der Waals surface area (Å²) < 4.78 is 4.68. The highest BCUT2D eigenvalue weighted by atomic mass is 16.6. The lowest BCUT2D eigenvalue weighted by molar-refractivity contribution is -0.384. The first-order valence-electron chi connectivity index (χ1n) is 8.13. The minimum Gasteiger partial charge on any atom is -0.465 e. The van der Waals surface area contributed by atoms with Crippen molar-refractivity contribution < 1.29 is 14.5 Å². The van der Waals surface area contributed by atoms with Crippen LogP contribution in [0.5, 0.6) is 0 Å². The second kappa shape index (κ2) is 9.47. The molecule has 0 amide bonds. The minimum atomic E-state index is -0.688. The molecular weight excluding hydrogens is 378 g/mol. The second-order valence-corrected chi connectivity index (χ2v) is 5.63. The van der Waals surface area contributed by atoms with Gasteiger partial charge in [0.05, 0.1) is 23.3 Å². The van der Waals surface area contributed by atoms with Gasteiger partial charge in [-0.1, -0.05) is 12.1 Å². The van der Waals surface area contributed by atoms with Crippen molar-refractivity contribution in [1.29, 1.82) is 10.7 Å². The van der Waals surface area contributed by atoms with Crippen molar-refractivity contribution >= 4 is 34.6 Å². The highest BCUT2D eigenvalue weighted by Crippen LogP contribution is 2.23. The molecule has 0 atom stereocenters. The van der Waals surface area contributed by atoms with Gasteiger partial charge in [0.2, 0.25) is 5.71 Å². The van der Waals surface area contributed by atoms with Gasteiger partial charge in [0.1, 0.15) is 6.07 Å². The van der Waals surface area contributed by atoms with Crippen molar-refractivity contribution in [3.8, 4) is 6.07 Å². The Labute approximate surface area is 165 Å². The first-order chi connectivity index (χ1) is 13.8. The van der Waals surface area contributed by atoms with E-state index in [0.29, 0.717) is 17.9 Å². The number of carbonyl (C=O) groups is 1. The van der Waals surface area contributed by atoms with Crippen LogP contribution in [0.4, 0.5) is 17.1 Å². The van der Waals surface area contributed by atoms with Crippen molar-refractivity contribution in [2.45, 2.75) is 6.54 Å². The number of nitrogens with two attached hydrogens (primary N) is 1. The fourth-order valence-corrected chi connectivity index (χ4v) is 2.24. The average Bonchev–Trinajstić information content (AvgIpc) is 2.72. The van der Waals surface area contributed by atoms with Crippen molar-refractivity contribution in [2.24, 2.45) is 10.8 Å². The lowest BCUT2D eigenvalue weighted by Crippen LogP contribution is -2.21. The fourth-order valence-electron chi connectivity index (χ4n) is 2.24. The molecule has 0 aliphatic carbocycles. The van der Waals surface area contributed by atoms with Crippen LogP contribution in [-0.2, 0) is 11.3 Å². The number of carbonyl (C=O) groups excluding carboxylic acids is 1. The third kappa shape index (κ3) is 5.51. The van der Waals surface area contributed by atoms with Gasteiger partial charge in [-0.3, -0.25) is 20.9 Å². The molecule has 0 saturated carbocycles. The number of methoxy groups -OCH3 is 1. The molecule has 0 bridgehead atoms. The Balaban J connectivity index is 2.10. The molecule has 2 aromatic carbocycles. The third-order valence-corrected chi connectivity index (χ3v) is 3.71. The van der Waals surface area contributed by atoms with Gasteiger partial charge in [-0.05, 0) is 23.8 Å². The van der Waals surface area contributed by atoms with E-state index in [9.17, 15) is 14.9 Å². The molecule has 0 aliphatic rings. The molecule has 0 aliphatic heterocycles. The molecule has 0 aromatic heterocycles. The van der Waals surface area contributed by atoms with Gasteiger partial charge < -0.3 is 15.8 Å². The van der Waals surface area contributed by atoms with Crippen LogP contribution in [0.15, 0.2) is 47.6 Å². The Kier molecular flexibility index (Phi) is 6.81. The lowest BCUT2D eigenvalue weighted by atomic mass is 10.1. The molecular formula is C18H17N7O4. The molecule has 0 radical (unpaired) electrons. The molecule has 0 saturated heterocycles. The van der Waals surface area contributed by atoms with Gasteiger partial charge in [0, 0.05) is 24.4 Å². The number of nitrogens with zero attached hydrogens (tertiary/aromatic N) is 3. The maximum Gasteiger partial charge on any atom is 0.340 e. The number of nitro benzene ring substituents is 1. The van der Waals surface area contributed by atoms with E-state index in [1.54, 1.807) is 30.3 Å². The molecule has 148 valence electrons. The number of nitro groups is 1. The predicted molar refractivity (Wildman–Crippen MR) is 107 cm³/mol. The number of hydrazone groups is 1. The van der Waals surface area contributed by atoms with Crippen molar-refractivity contribution in [3.05, 3.63) is 63.7 Å². The quantitative estimate of drug-likeness (QED) is 0.173. The Morgan fingerprint density at radius 1 is 1.34 bits per heavy atom. The van der Waals surface area contributed by atoms with Crippen LogP contribution in [0.1, 0.15) is 15.9 Å². The molecule has 11 heteroatoms. The zero-order valence-electron chi connectivity index (χ0n) is 15.3. The highest BCUT2D eigenvalue weighted by Gasteiger charge is 2.17. The summed E-state index contributed by atoms with van der Waals surface area (Å²) in [5.74, 6) is -1.13. The van der Waals surface area contributed by atoms with Crippen molar-refractivity contribution in [1.82, 2.24) is 0 Å². The van der Waals surface area contributed by atoms with Crippen LogP contribution < -0.4 is 16.5 Å². The molecule has 2 rings (SSSR count). The first kappa shape index (κ1) is 20.8. The maximum absolute atomic E-state index is 11.9. The van der Waals surface area contributed by atoms with Crippen molar-refractivity contribution in [3.63, 3.8) is 0 Å². The number of non-ortho nitro benzene ring substituents is 1. The number of rotatable bonds is 8. The summed E-state index contributed by atoms with van der Waals surface area (Å²) in [6.45, 7) is 0.336. The normalized spacial score (nSPS) is 10.6. The second-order valence-electron chi connectivity index (χ2n) is 5.63. The number of esters is 1. The number of amidine groups is 1. The molecule has 0 heterocycles. The summed E-state index contributed by atoms with van der Waals surface area (Å²) in [5, 5.41) is 33.7. The number of anilines is 2. The van der Waals surface area contributed by atoms with Crippen LogP contribution in [0.3, 0.4) is 0 Å². The predicted octanol–water partition coefficient (Wildman–Crippen LogP) is 2.22. The number of benzene rings is 2.